The summed E-state index contributed by atoms with van der Waals surface area (Å²) in [7, 11) is 0. The van der Waals surface area contributed by atoms with Crippen LogP contribution in [-0.4, -0.2) is 74.5 Å². The third-order valence-corrected chi connectivity index (χ3v) is 6.91. The van der Waals surface area contributed by atoms with E-state index in [1.807, 2.05) is 13.8 Å². The minimum Gasteiger partial charge on any atom is -0.508 e. The van der Waals surface area contributed by atoms with Crippen LogP contribution in [0.2, 0.25) is 0 Å². The van der Waals surface area contributed by atoms with Crippen molar-refractivity contribution in [2.75, 3.05) is 6.54 Å². The molecule has 0 spiro atoms. The highest BCUT2D eigenvalue weighted by molar-refractivity contribution is 5.95. The largest absolute Gasteiger partial charge is 0.508 e. The molecule has 0 aliphatic carbocycles. The number of nitrogens with one attached hydrogen (secondary N) is 5. The van der Waals surface area contributed by atoms with Gasteiger partial charge in [0.25, 0.3) is 0 Å². The Morgan fingerprint density at radius 2 is 1.52 bits per heavy atom. The molecule has 1 aromatic heterocycles. The lowest BCUT2D eigenvalue weighted by Gasteiger charge is -2.26. The van der Waals surface area contributed by atoms with Crippen molar-refractivity contribution in [1.29, 1.82) is 0 Å². The SMILES string of the molecule is CC(C)C[C@H](CC(=O)NO)C(=O)N[C@@H](Cc1ccc(O)cc1)C(=O)N[C@@H](Cc1cnc[nH]1)C(=O)N[C@@H](CCCCN)C(N)=O. The number of hydrogen-bond donors (Lipinski definition) is 9. The van der Waals surface area contributed by atoms with Gasteiger partial charge in [-0.2, -0.15) is 0 Å². The molecule has 0 aliphatic heterocycles. The Morgan fingerprint density at radius 3 is 2.07 bits per heavy atom. The smallest absolute Gasteiger partial charge is 0.244 e. The van der Waals surface area contributed by atoms with Gasteiger partial charge in [0, 0.05) is 37.1 Å². The van der Waals surface area contributed by atoms with Gasteiger partial charge in [-0.3, -0.25) is 29.2 Å². The first-order chi connectivity index (χ1) is 20.9. The maximum atomic E-state index is 13.7. The van der Waals surface area contributed by atoms with Crippen molar-refractivity contribution in [3.05, 3.63) is 48.0 Å². The van der Waals surface area contributed by atoms with Crippen LogP contribution in [0.3, 0.4) is 0 Å². The molecule has 2 aromatic rings. The number of H-pyrrole nitrogens is 1. The molecule has 15 nitrogen and oxygen atoms in total. The van der Waals surface area contributed by atoms with E-state index in [0.717, 1.165) is 0 Å². The molecule has 5 amide bonds. The van der Waals surface area contributed by atoms with E-state index in [-0.39, 0.29) is 37.4 Å². The third-order valence-electron chi connectivity index (χ3n) is 6.91. The highest BCUT2D eigenvalue weighted by Gasteiger charge is 2.32. The lowest BCUT2D eigenvalue weighted by Crippen LogP contribution is -2.58. The summed E-state index contributed by atoms with van der Waals surface area (Å²) >= 11 is 0. The Labute approximate surface area is 255 Å². The Morgan fingerprint density at radius 1 is 0.909 bits per heavy atom. The van der Waals surface area contributed by atoms with E-state index in [2.05, 4.69) is 25.9 Å². The van der Waals surface area contributed by atoms with Gasteiger partial charge in [-0.15, -0.1) is 0 Å². The van der Waals surface area contributed by atoms with Gasteiger partial charge >= 0.3 is 0 Å². The summed E-state index contributed by atoms with van der Waals surface area (Å²) in [4.78, 5) is 71.3. The Bertz CT molecular complexity index is 1220. The van der Waals surface area contributed by atoms with Gasteiger partial charge in [0.05, 0.1) is 6.33 Å². The fourth-order valence-electron chi connectivity index (χ4n) is 4.64. The van der Waals surface area contributed by atoms with Crippen molar-refractivity contribution < 1.29 is 34.3 Å². The minimum absolute atomic E-state index is 0.0116. The van der Waals surface area contributed by atoms with Crippen LogP contribution in [0.1, 0.15) is 57.2 Å². The first-order valence-electron chi connectivity index (χ1n) is 14.5. The first kappa shape index (κ1) is 35.7. The predicted octanol–water partition coefficient (Wildman–Crippen LogP) is -0.473. The second-order valence-corrected chi connectivity index (χ2v) is 11.1. The number of aromatic hydroxyl groups is 1. The number of primary amides is 1. The van der Waals surface area contributed by atoms with E-state index in [9.17, 15) is 29.1 Å². The molecule has 0 fully saturated rings. The summed E-state index contributed by atoms with van der Waals surface area (Å²) in [6.45, 7) is 4.15. The predicted molar refractivity (Wildman–Crippen MR) is 159 cm³/mol. The van der Waals surface area contributed by atoms with E-state index in [1.165, 1.54) is 30.1 Å². The fourth-order valence-corrected chi connectivity index (χ4v) is 4.64. The molecule has 0 saturated carbocycles. The highest BCUT2D eigenvalue weighted by atomic mass is 16.5. The number of phenolic OH excluding ortho intramolecular Hbond substituents is 1. The topological polar surface area (TPSA) is 255 Å². The van der Waals surface area contributed by atoms with E-state index in [0.29, 0.717) is 37.1 Å². The highest BCUT2D eigenvalue weighted by Crippen LogP contribution is 2.18. The molecule has 242 valence electrons. The monoisotopic (exact) mass is 616 g/mol. The molecule has 11 N–H and O–H groups in total. The fraction of sp³-hybridized carbons (Fsp3) is 0.517. The van der Waals surface area contributed by atoms with Crippen molar-refractivity contribution in [3.63, 3.8) is 0 Å². The van der Waals surface area contributed by atoms with Crippen molar-refractivity contribution in [1.82, 2.24) is 31.4 Å². The maximum Gasteiger partial charge on any atom is 0.244 e. The number of hydrogen-bond acceptors (Lipinski definition) is 9. The van der Waals surface area contributed by atoms with Crippen molar-refractivity contribution in [2.45, 2.75) is 76.9 Å². The normalized spacial score (nSPS) is 13.8. The molecular formula is C29H44N8O7. The van der Waals surface area contributed by atoms with E-state index >= 15 is 0 Å². The number of carbonyl (C=O) groups excluding carboxylic acids is 5. The summed E-state index contributed by atoms with van der Waals surface area (Å²) in [5, 5.41) is 26.7. The van der Waals surface area contributed by atoms with Crippen molar-refractivity contribution in [3.8, 4) is 5.75 Å². The van der Waals surface area contributed by atoms with Gasteiger partial charge in [0.1, 0.15) is 23.9 Å². The first-order valence-corrected chi connectivity index (χ1v) is 14.5. The van der Waals surface area contributed by atoms with Crippen LogP contribution in [0, 0.1) is 11.8 Å². The Kier molecular flexibility index (Phi) is 14.8. The van der Waals surface area contributed by atoms with E-state index in [1.54, 1.807) is 12.1 Å². The number of benzene rings is 1. The number of phenols is 1. The van der Waals surface area contributed by atoms with Crippen LogP contribution in [0.5, 0.6) is 5.75 Å². The molecule has 1 heterocycles. The number of carbonyl (C=O) groups is 5. The Hall–Kier alpha value is -4.50. The second kappa shape index (κ2) is 18.2. The summed E-state index contributed by atoms with van der Waals surface area (Å²) in [6, 6.07) is 2.65. The number of imidazole rings is 1. The number of nitrogens with zero attached hydrogens (tertiary/aromatic N) is 1. The molecular weight excluding hydrogens is 572 g/mol. The summed E-state index contributed by atoms with van der Waals surface area (Å²) in [6.07, 6.45) is 4.31. The van der Waals surface area contributed by atoms with Gasteiger partial charge < -0.3 is 37.5 Å². The number of rotatable bonds is 19. The Balaban J connectivity index is 2.34. The maximum absolute atomic E-state index is 13.7. The molecule has 44 heavy (non-hydrogen) atoms. The number of nitrogens with two attached hydrogens (primary N) is 2. The van der Waals surface area contributed by atoms with Crippen LogP contribution < -0.4 is 32.9 Å². The van der Waals surface area contributed by atoms with Gasteiger partial charge in [0.15, 0.2) is 0 Å². The summed E-state index contributed by atoms with van der Waals surface area (Å²) in [5.41, 5.74) is 13.7. The average molecular weight is 617 g/mol. The van der Waals surface area contributed by atoms with Crippen LogP contribution in [0.4, 0.5) is 0 Å². The van der Waals surface area contributed by atoms with E-state index < -0.39 is 53.6 Å². The molecule has 2 rings (SSSR count). The van der Waals surface area contributed by atoms with Crippen LogP contribution in [0.15, 0.2) is 36.8 Å². The van der Waals surface area contributed by atoms with E-state index in [4.69, 9.17) is 16.7 Å². The van der Waals surface area contributed by atoms with Crippen LogP contribution in [0.25, 0.3) is 0 Å². The van der Waals surface area contributed by atoms with Crippen LogP contribution in [-0.2, 0) is 36.8 Å². The van der Waals surface area contributed by atoms with Crippen molar-refractivity contribution >= 4 is 29.5 Å². The van der Waals surface area contributed by atoms with Gasteiger partial charge in [-0.25, -0.2) is 10.5 Å². The quantitative estimate of drug-likeness (QED) is 0.0561. The standard InChI is InChI=1S/C29H44N8O7/c1-17(2)11-19(13-25(39)37-44)27(41)35-23(12-18-6-8-21(38)9-7-18)28(42)36-24(14-20-15-32-16-33-20)29(43)34-22(26(31)40)5-3-4-10-30/h6-9,15-17,19,22-24,38,44H,3-5,10-14,30H2,1-2H3,(H2,31,40)(H,32,33)(H,34,43)(H,35,41)(H,36,42)(H,37,39)/t19-,22+,23+,24+/m1/s1. The molecule has 0 bridgehead atoms. The third kappa shape index (κ3) is 12.4. The molecule has 0 aliphatic rings. The van der Waals surface area contributed by atoms with Gasteiger partial charge in [-0.1, -0.05) is 26.0 Å². The lowest BCUT2D eigenvalue weighted by molar-refractivity contribution is -0.137. The summed E-state index contributed by atoms with van der Waals surface area (Å²) in [5.74, 6) is -4.28. The second-order valence-electron chi connectivity index (χ2n) is 11.1. The summed E-state index contributed by atoms with van der Waals surface area (Å²) < 4.78 is 0. The molecule has 15 heteroatoms. The molecule has 0 saturated heterocycles. The minimum atomic E-state index is -1.20. The van der Waals surface area contributed by atoms with Gasteiger partial charge in [0.2, 0.25) is 29.5 Å². The zero-order valence-electron chi connectivity index (χ0n) is 25.0. The average Bonchev–Trinajstić information content (AvgIpc) is 3.49. The zero-order chi connectivity index (χ0) is 32.6. The number of amides is 5. The lowest BCUT2D eigenvalue weighted by atomic mass is 9.92. The molecule has 0 unspecified atom stereocenters. The van der Waals surface area contributed by atoms with Crippen molar-refractivity contribution in [2.24, 2.45) is 23.3 Å². The number of unbranched alkanes of at least 4 members (excludes halogenated alkanes) is 1. The number of hydroxylamine groups is 1. The molecule has 1 aromatic carbocycles. The number of aromatic amines is 1. The molecule has 4 atom stereocenters. The number of aromatic nitrogens is 2. The zero-order valence-corrected chi connectivity index (χ0v) is 25.0. The van der Waals surface area contributed by atoms with Crippen LogP contribution >= 0.6 is 0 Å². The van der Waals surface area contributed by atoms with Gasteiger partial charge in [-0.05, 0) is 55.8 Å². The molecule has 0 radical (unpaired) electrons.